The summed E-state index contributed by atoms with van der Waals surface area (Å²) < 4.78 is 6.72. The standard InChI is InChI=1S/C17H23BrN2O2.ClH/c1-22-17(8-10-19-11-9-17)15(21)20-12-16(6-7-16)13-4-2-3-5-14(13)18;/h2-5,19H,6-12H2,1H3,(H,20,21);1H. The van der Waals surface area contributed by atoms with Crippen LogP contribution in [-0.4, -0.2) is 38.3 Å². The van der Waals surface area contributed by atoms with E-state index in [1.807, 2.05) is 6.07 Å². The molecule has 2 aliphatic rings. The molecule has 6 heteroatoms. The second-order valence-electron chi connectivity index (χ2n) is 6.39. The third kappa shape index (κ3) is 3.73. The Labute approximate surface area is 152 Å². The molecule has 1 aliphatic carbocycles. The summed E-state index contributed by atoms with van der Waals surface area (Å²) in [7, 11) is 1.64. The lowest BCUT2D eigenvalue weighted by Crippen LogP contribution is -2.55. The van der Waals surface area contributed by atoms with Gasteiger partial charge in [0.2, 0.25) is 0 Å². The van der Waals surface area contributed by atoms with Gasteiger partial charge in [0.25, 0.3) is 5.91 Å². The Morgan fingerprint density at radius 2 is 1.91 bits per heavy atom. The molecule has 1 aliphatic heterocycles. The molecule has 1 aromatic carbocycles. The van der Waals surface area contributed by atoms with Crippen LogP contribution in [0.4, 0.5) is 0 Å². The quantitative estimate of drug-likeness (QED) is 0.795. The van der Waals surface area contributed by atoms with Gasteiger partial charge in [0.15, 0.2) is 0 Å². The summed E-state index contributed by atoms with van der Waals surface area (Å²) in [6, 6.07) is 8.31. The van der Waals surface area contributed by atoms with E-state index in [-0.39, 0.29) is 23.7 Å². The van der Waals surface area contributed by atoms with Crippen molar-refractivity contribution in [3.05, 3.63) is 34.3 Å². The Morgan fingerprint density at radius 3 is 2.48 bits per heavy atom. The molecule has 1 heterocycles. The van der Waals surface area contributed by atoms with Crippen molar-refractivity contribution in [3.63, 3.8) is 0 Å². The molecule has 1 saturated carbocycles. The molecule has 1 saturated heterocycles. The maximum absolute atomic E-state index is 12.7. The number of carbonyl (C=O) groups excluding carboxylic acids is 1. The molecular weight excluding hydrogens is 380 g/mol. The van der Waals surface area contributed by atoms with E-state index in [1.54, 1.807) is 7.11 Å². The fourth-order valence-electron chi connectivity index (χ4n) is 3.35. The SMILES string of the molecule is COC1(C(=O)NCC2(c3ccccc3Br)CC2)CCNCC1.Cl. The van der Waals surface area contributed by atoms with E-state index >= 15 is 0 Å². The van der Waals surface area contributed by atoms with Crippen molar-refractivity contribution in [1.82, 2.24) is 10.6 Å². The Balaban J connectivity index is 0.00000192. The first-order valence-electron chi connectivity index (χ1n) is 7.91. The van der Waals surface area contributed by atoms with Crippen LogP contribution < -0.4 is 10.6 Å². The number of rotatable bonds is 5. The first-order chi connectivity index (χ1) is 10.6. The van der Waals surface area contributed by atoms with Crippen molar-refractivity contribution in [1.29, 1.82) is 0 Å². The van der Waals surface area contributed by atoms with Gasteiger partial charge in [-0.3, -0.25) is 4.79 Å². The summed E-state index contributed by atoms with van der Waals surface area (Å²) in [4.78, 5) is 12.7. The van der Waals surface area contributed by atoms with Gasteiger partial charge in [-0.25, -0.2) is 0 Å². The molecule has 128 valence electrons. The van der Waals surface area contributed by atoms with Gasteiger partial charge < -0.3 is 15.4 Å². The Morgan fingerprint density at radius 1 is 1.26 bits per heavy atom. The number of amides is 1. The van der Waals surface area contributed by atoms with Gasteiger partial charge in [-0.05, 0) is 50.4 Å². The molecule has 2 fully saturated rings. The van der Waals surface area contributed by atoms with Gasteiger partial charge in [-0.15, -0.1) is 12.4 Å². The zero-order valence-electron chi connectivity index (χ0n) is 13.4. The number of ether oxygens (including phenoxy) is 1. The summed E-state index contributed by atoms with van der Waals surface area (Å²) in [5, 5.41) is 6.44. The zero-order chi connectivity index (χ0) is 15.6. The molecular formula is C17H24BrClN2O2. The third-order valence-corrected chi connectivity index (χ3v) is 5.79. The highest BCUT2D eigenvalue weighted by molar-refractivity contribution is 9.10. The van der Waals surface area contributed by atoms with Crippen molar-refractivity contribution in [2.75, 3.05) is 26.7 Å². The fourth-order valence-corrected chi connectivity index (χ4v) is 4.05. The third-order valence-electron chi connectivity index (χ3n) is 5.10. The van der Waals surface area contributed by atoms with E-state index in [1.165, 1.54) is 5.56 Å². The predicted octanol–water partition coefficient (Wildman–Crippen LogP) is 2.79. The summed E-state index contributed by atoms with van der Waals surface area (Å²) >= 11 is 3.63. The Kier molecular flexibility index (Phi) is 6.11. The van der Waals surface area contributed by atoms with E-state index in [4.69, 9.17) is 4.74 Å². The highest BCUT2D eigenvalue weighted by Gasteiger charge is 2.47. The van der Waals surface area contributed by atoms with Crippen LogP contribution in [0.1, 0.15) is 31.2 Å². The van der Waals surface area contributed by atoms with Crippen molar-refractivity contribution in [3.8, 4) is 0 Å². The van der Waals surface area contributed by atoms with Crippen LogP contribution >= 0.6 is 28.3 Å². The lowest BCUT2D eigenvalue weighted by Gasteiger charge is -2.35. The maximum atomic E-state index is 12.7. The van der Waals surface area contributed by atoms with Crippen molar-refractivity contribution < 1.29 is 9.53 Å². The van der Waals surface area contributed by atoms with E-state index in [0.717, 1.165) is 43.2 Å². The summed E-state index contributed by atoms with van der Waals surface area (Å²) in [6.45, 7) is 2.35. The average Bonchev–Trinajstić information content (AvgIpc) is 3.34. The molecule has 0 aromatic heterocycles. The van der Waals surface area contributed by atoms with Crippen LogP contribution in [0.5, 0.6) is 0 Å². The largest absolute Gasteiger partial charge is 0.368 e. The predicted molar refractivity (Wildman–Crippen MR) is 97.2 cm³/mol. The second-order valence-corrected chi connectivity index (χ2v) is 7.25. The molecule has 3 rings (SSSR count). The maximum Gasteiger partial charge on any atom is 0.252 e. The normalized spacial score (nSPS) is 21.1. The highest BCUT2D eigenvalue weighted by atomic mass is 79.9. The van der Waals surface area contributed by atoms with E-state index in [0.29, 0.717) is 6.54 Å². The van der Waals surface area contributed by atoms with Crippen LogP contribution in [0.3, 0.4) is 0 Å². The van der Waals surface area contributed by atoms with E-state index < -0.39 is 5.60 Å². The molecule has 0 bridgehead atoms. The fraction of sp³-hybridized carbons (Fsp3) is 0.588. The zero-order valence-corrected chi connectivity index (χ0v) is 15.8. The van der Waals surface area contributed by atoms with Crippen LogP contribution in [-0.2, 0) is 14.9 Å². The lowest BCUT2D eigenvalue weighted by molar-refractivity contribution is -0.146. The highest BCUT2D eigenvalue weighted by Crippen LogP contribution is 2.50. The average molecular weight is 404 g/mol. The van der Waals surface area contributed by atoms with E-state index in [9.17, 15) is 4.79 Å². The molecule has 1 amide bonds. The summed E-state index contributed by atoms with van der Waals surface area (Å²) in [6.07, 6.45) is 3.71. The Bertz CT molecular complexity index is 557. The number of benzene rings is 1. The number of methoxy groups -OCH3 is 1. The van der Waals surface area contributed by atoms with E-state index in [2.05, 4.69) is 44.8 Å². The topological polar surface area (TPSA) is 50.4 Å². The molecule has 0 spiro atoms. The monoisotopic (exact) mass is 402 g/mol. The minimum atomic E-state index is -0.657. The molecule has 1 aromatic rings. The second kappa shape index (κ2) is 7.51. The van der Waals surface area contributed by atoms with Gasteiger partial charge >= 0.3 is 0 Å². The van der Waals surface area contributed by atoms with Crippen LogP contribution in [0.2, 0.25) is 0 Å². The first kappa shape index (κ1) is 18.7. The molecule has 2 N–H and O–H groups in total. The number of carbonyl (C=O) groups is 1. The molecule has 23 heavy (non-hydrogen) atoms. The summed E-state index contributed by atoms with van der Waals surface area (Å²) in [5.74, 6) is 0.0369. The number of hydrogen-bond donors (Lipinski definition) is 2. The van der Waals surface area contributed by atoms with Crippen LogP contribution in [0.25, 0.3) is 0 Å². The van der Waals surface area contributed by atoms with Gasteiger partial charge in [0, 0.05) is 23.5 Å². The smallest absolute Gasteiger partial charge is 0.252 e. The number of piperidine rings is 1. The van der Waals surface area contributed by atoms with Crippen molar-refractivity contribution in [2.45, 2.75) is 36.7 Å². The van der Waals surface area contributed by atoms with Crippen molar-refractivity contribution in [2.24, 2.45) is 0 Å². The van der Waals surface area contributed by atoms with Gasteiger partial charge in [-0.2, -0.15) is 0 Å². The molecule has 4 nitrogen and oxygen atoms in total. The molecule has 0 atom stereocenters. The van der Waals surface area contributed by atoms with Crippen LogP contribution in [0.15, 0.2) is 28.7 Å². The van der Waals surface area contributed by atoms with Crippen molar-refractivity contribution >= 4 is 34.2 Å². The number of hydrogen-bond acceptors (Lipinski definition) is 3. The minimum absolute atomic E-state index is 0. The number of halogens is 2. The number of nitrogens with one attached hydrogen (secondary N) is 2. The van der Waals surface area contributed by atoms with Gasteiger partial charge in [0.1, 0.15) is 5.60 Å². The van der Waals surface area contributed by atoms with Crippen LogP contribution in [0, 0.1) is 0 Å². The molecule has 0 radical (unpaired) electrons. The minimum Gasteiger partial charge on any atom is -0.368 e. The molecule has 0 unspecified atom stereocenters. The van der Waals surface area contributed by atoms with Gasteiger partial charge in [0.05, 0.1) is 0 Å². The summed E-state index contributed by atoms with van der Waals surface area (Å²) in [5.41, 5.74) is 0.736. The Hall–Kier alpha value is -0.620. The van der Waals surface area contributed by atoms with Gasteiger partial charge in [-0.1, -0.05) is 34.1 Å². The lowest BCUT2D eigenvalue weighted by atomic mass is 9.90. The first-order valence-corrected chi connectivity index (χ1v) is 8.70.